The van der Waals surface area contributed by atoms with Gasteiger partial charge in [0.2, 0.25) is 0 Å². The fourth-order valence-electron chi connectivity index (χ4n) is 2.68. The number of guanidine groups is 1. The smallest absolute Gasteiger partial charge is 0.296 e. The van der Waals surface area contributed by atoms with Crippen molar-refractivity contribution in [3.63, 3.8) is 0 Å². The van der Waals surface area contributed by atoms with Crippen molar-refractivity contribution in [2.24, 2.45) is 5.92 Å². The molecule has 0 spiro atoms. The molecule has 92 valence electrons. The summed E-state index contributed by atoms with van der Waals surface area (Å²) < 4.78 is 1.05. The number of rotatable bonds is 2. The van der Waals surface area contributed by atoms with Crippen LogP contribution < -0.4 is 5.32 Å². The second-order valence-electron chi connectivity index (χ2n) is 4.85. The van der Waals surface area contributed by atoms with E-state index in [1.165, 1.54) is 0 Å². The Morgan fingerprint density at radius 2 is 2.35 bits per heavy atom. The number of halogens is 1. The van der Waals surface area contributed by atoms with Crippen molar-refractivity contribution >= 4 is 33.2 Å². The molecule has 0 radical (unpaired) electrons. The van der Waals surface area contributed by atoms with Crippen molar-refractivity contribution in [2.45, 2.75) is 24.6 Å². The van der Waals surface area contributed by atoms with E-state index in [-0.39, 0.29) is 5.54 Å². The fraction of sp³-hybridized carbons (Fsp3) is 0.545. The van der Waals surface area contributed by atoms with Gasteiger partial charge in [-0.25, -0.2) is 5.41 Å². The van der Waals surface area contributed by atoms with Crippen molar-refractivity contribution in [3.05, 3.63) is 20.8 Å². The molecule has 2 fully saturated rings. The molecule has 2 unspecified atom stereocenters. The van der Waals surface area contributed by atoms with E-state index in [2.05, 4.69) is 22.0 Å². The van der Waals surface area contributed by atoms with Crippen molar-refractivity contribution in [1.29, 1.82) is 5.41 Å². The number of nitrogens with two attached hydrogens (primary N) is 1. The first kappa shape index (κ1) is 11.6. The maximum atomic E-state index is 10.5. The van der Waals surface area contributed by atoms with Crippen LogP contribution >= 0.6 is 27.3 Å². The summed E-state index contributed by atoms with van der Waals surface area (Å²) in [6.45, 7) is 0. The van der Waals surface area contributed by atoms with Crippen LogP contribution in [0.15, 0.2) is 15.9 Å². The van der Waals surface area contributed by atoms with Crippen LogP contribution in [0.1, 0.15) is 17.7 Å². The van der Waals surface area contributed by atoms with Crippen LogP contribution in [0, 0.1) is 11.3 Å². The number of likely N-dealkylation sites (N-methyl/N-ethyl adjacent to an activating group) is 1. The molecule has 1 aromatic heterocycles. The first-order valence-corrected chi connectivity index (χ1v) is 7.33. The molecule has 1 saturated carbocycles. The number of thiophene rings is 1. The van der Waals surface area contributed by atoms with Gasteiger partial charge in [0, 0.05) is 22.8 Å². The quantitative estimate of drug-likeness (QED) is 0.758. The van der Waals surface area contributed by atoms with Gasteiger partial charge < -0.3 is 5.11 Å². The first-order chi connectivity index (χ1) is 8.05. The zero-order valence-corrected chi connectivity index (χ0v) is 11.9. The number of aliphatic hydroxyl groups excluding tert-OH is 1. The summed E-state index contributed by atoms with van der Waals surface area (Å²) in [6, 6.07) is 2.08. The SMILES string of the molecule is CN1C(=N)[NH2+]C(c2cc(Br)cs2)(C2CC2)C1O. The minimum atomic E-state index is -0.604. The van der Waals surface area contributed by atoms with Gasteiger partial charge in [0.15, 0.2) is 11.8 Å². The largest absolute Gasteiger partial charge is 0.367 e. The lowest BCUT2D eigenvalue weighted by Gasteiger charge is -2.27. The van der Waals surface area contributed by atoms with Crippen LogP contribution in [0.2, 0.25) is 0 Å². The number of nitrogens with zero attached hydrogens (tertiary/aromatic N) is 1. The number of aliphatic hydroxyl groups is 1. The summed E-state index contributed by atoms with van der Waals surface area (Å²) in [5.74, 6) is 0.905. The lowest BCUT2D eigenvalue weighted by molar-refractivity contribution is -0.638. The third kappa shape index (κ3) is 1.58. The molecule has 1 aromatic rings. The van der Waals surface area contributed by atoms with Gasteiger partial charge in [0.1, 0.15) is 0 Å². The van der Waals surface area contributed by atoms with Gasteiger partial charge in [0.25, 0.3) is 5.96 Å². The van der Waals surface area contributed by atoms with Gasteiger partial charge in [0.05, 0.1) is 4.88 Å². The Labute approximate surface area is 112 Å². The van der Waals surface area contributed by atoms with E-state index in [1.54, 1.807) is 23.3 Å². The van der Waals surface area contributed by atoms with Gasteiger partial charge in [-0.2, -0.15) is 0 Å². The number of hydrogen-bond donors (Lipinski definition) is 3. The van der Waals surface area contributed by atoms with E-state index in [0.29, 0.717) is 11.9 Å². The standard InChI is InChI=1S/C11H14BrN3OS/c1-15-9(16)11(6-2-3-6,14-10(15)13)8-4-7(12)5-17-8/h4-6,9,16H,2-3H2,1H3,(H2,13,14)/p+1. The highest BCUT2D eigenvalue weighted by Crippen LogP contribution is 2.49. The highest BCUT2D eigenvalue weighted by Gasteiger charge is 2.62. The summed E-state index contributed by atoms with van der Waals surface area (Å²) in [7, 11) is 1.79. The molecule has 2 atom stereocenters. The molecule has 4 nitrogen and oxygen atoms in total. The highest BCUT2D eigenvalue weighted by molar-refractivity contribution is 9.10. The van der Waals surface area contributed by atoms with Crippen molar-refractivity contribution in [2.75, 3.05) is 7.05 Å². The van der Waals surface area contributed by atoms with E-state index >= 15 is 0 Å². The molecule has 2 heterocycles. The molecular formula is C11H15BrN3OS+. The zero-order valence-electron chi connectivity index (χ0n) is 9.48. The van der Waals surface area contributed by atoms with E-state index in [9.17, 15) is 5.11 Å². The normalized spacial score (nSPS) is 33.5. The molecule has 1 saturated heterocycles. The number of quaternary nitrogens is 1. The van der Waals surface area contributed by atoms with E-state index in [4.69, 9.17) is 5.41 Å². The minimum Gasteiger partial charge on any atom is -0.367 e. The Morgan fingerprint density at radius 1 is 1.65 bits per heavy atom. The average molecular weight is 317 g/mol. The van der Waals surface area contributed by atoms with Crippen LogP contribution in [-0.4, -0.2) is 29.2 Å². The van der Waals surface area contributed by atoms with Crippen molar-refractivity contribution in [1.82, 2.24) is 4.90 Å². The molecule has 2 aliphatic rings. The second kappa shape index (κ2) is 3.78. The fourth-order valence-corrected chi connectivity index (χ4v) is 4.38. The van der Waals surface area contributed by atoms with Crippen LogP contribution in [0.25, 0.3) is 0 Å². The predicted molar refractivity (Wildman–Crippen MR) is 69.8 cm³/mol. The monoisotopic (exact) mass is 316 g/mol. The predicted octanol–water partition coefficient (Wildman–Crippen LogP) is 0.878. The lowest BCUT2D eigenvalue weighted by atomic mass is 9.90. The van der Waals surface area contributed by atoms with Crippen LogP contribution in [0.5, 0.6) is 0 Å². The van der Waals surface area contributed by atoms with E-state index in [1.807, 2.05) is 10.7 Å². The average Bonchev–Trinajstić information content (AvgIpc) is 3.02. The Bertz CT molecular complexity index is 473. The van der Waals surface area contributed by atoms with Gasteiger partial charge >= 0.3 is 0 Å². The molecule has 0 bridgehead atoms. The zero-order chi connectivity index (χ0) is 12.2. The Kier molecular flexibility index (Phi) is 2.59. The molecule has 1 aliphatic heterocycles. The van der Waals surface area contributed by atoms with E-state index in [0.717, 1.165) is 22.2 Å². The number of hydrogen-bond acceptors (Lipinski definition) is 3. The third-order valence-electron chi connectivity index (χ3n) is 3.80. The van der Waals surface area contributed by atoms with Gasteiger partial charge in [-0.15, -0.1) is 11.3 Å². The third-order valence-corrected chi connectivity index (χ3v) is 5.65. The first-order valence-electron chi connectivity index (χ1n) is 5.65. The Morgan fingerprint density at radius 3 is 2.76 bits per heavy atom. The summed E-state index contributed by atoms with van der Waals surface area (Å²) in [5.41, 5.74) is -0.359. The Balaban J connectivity index is 2.08. The Hall–Kier alpha value is -0.430. The summed E-state index contributed by atoms with van der Waals surface area (Å²) in [4.78, 5) is 2.82. The maximum Gasteiger partial charge on any atom is 0.296 e. The molecule has 6 heteroatoms. The molecule has 0 aromatic carbocycles. The molecule has 17 heavy (non-hydrogen) atoms. The van der Waals surface area contributed by atoms with Gasteiger partial charge in [-0.3, -0.25) is 10.2 Å². The lowest BCUT2D eigenvalue weighted by Crippen LogP contribution is -2.96. The van der Waals surface area contributed by atoms with Crippen molar-refractivity contribution < 1.29 is 10.4 Å². The number of nitrogens with one attached hydrogen (secondary N) is 1. The summed E-state index contributed by atoms with van der Waals surface area (Å²) in [5, 5.41) is 22.4. The van der Waals surface area contributed by atoms with Crippen LogP contribution in [0.3, 0.4) is 0 Å². The molecule has 0 amide bonds. The minimum absolute atomic E-state index is 0.359. The molecule has 4 N–H and O–H groups in total. The summed E-state index contributed by atoms with van der Waals surface area (Å²) in [6.07, 6.45) is 1.68. The van der Waals surface area contributed by atoms with Gasteiger partial charge in [-0.1, -0.05) is 0 Å². The molecular weight excluding hydrogens is 302 g/mol. The topological polar surface area (TPSA) is 63.9 Å². The van der Waals surface area contributed by atoms with Crippen LogP contribution in [-0.2, 0) is 5.54 Å². The van der Waals surface area contributed by atoms with Gasteiger partial charge in [-0.05, 0) is 34.8 Å². The summed E-state index contributed by atoms with van der Waals surface area (Å²) >= 11 is 5.13. The second-order valence-corrected chi connectivity index (χ2v) is 6.68. The maximum absolute atomic E-state index is 10.5. The highest BCUT2D eigenvalue weighted by atomic mass is 79.9. The van der Waals surface area contributed by atoms with Crippen molar-refractivity contribution in [3.8, 4) is 0 Å². The molecule has 3 rings (SSSR count). The molecule has 1 aliphatic carbocycles. The van der Waals surface area contributed by atoms with Crippen LogP contribution in [0.4, 0.5) is 0 Å². The van der Waals surface area contributed by atoms with E-state index < -0.39 is 6.23 Å².